The van der Waals surface area contributed by atoms with E-state index >= 15 is 0 Å². The summed E-state index contributed by atoms with van der Waals surface area (Å²) in [4.78, 5) is 0. The average molecular weight is 214 g/mol. The van der Waals surface area contributed by atoms with Crippen LogP contribution in [0.2, 0.25) is 0 Å². The topological polar surface area (TPSA) is 0 Å². The van der Waals surface area contributed by atoms with Crippen molar-refractivity contribution in [2.24, 2.45) is 0 Å². The molecule has 0 aliphatic heterocycles. The molecular weight excluding hydrogens is 213 g/mol. The number of rotatable bonds is 0. The summed E-state index contributed by atoms with van der Waals surface area (Å²) in [6, 6.07) is 0. The van der Waals surface area contributed by atoms with E-state index in [1.165, 1.54) is 0 Å². The fourth-order valence-electron chi connectivity index (χ4n) is 0. The summed E-state index contributed by atoms with van der Waals surface area (Å²) >= 11 is -3.11. The Hall–Kier alpha value is 2.87. The van der Waals surface area contributed by atoms with E-state index in [9.17, 15) is 0 Å². The first kappa shape index (κ1) is 11.6. The molecule has 0 amide bonds. The van der Waals surface area contributed by atoms with Gasteiger partial charge in [-0.2, -0.15) is 0 Å². The van der Waals surface area contributed by atoms with Gasteiger partial charge in [-0.05, 0) is 0 Å². The van der Waals surface area contributed by atoms with Gasteiger partial charge >= 0.3 is 79.1 Å². The Kier molecular flexibility index (Phi) is 9.17. The van der Waals surface area contributed by atoms with E-state index in [0.717, 1.165) is 0 Å². The maximum absolute atomic E-state index is 5.01. The van der Waals surface area contributed by atoms with Crippen LogP contribution in [0.15, 0.2) is 0 Å². The fourth-order valence-corrected chi connectivity index (χ4v) is 0. The molecule has 6 heteroatoms. The van der Waals surface area contributed by atoms with Gasteiger partial charge in [-0.15, -0.1) is 0 Å². The Morgan fingerprint density at radius 2 is 0.833 bits per heavy atom. The molecule has 0 aliphatic rings. The van der Waals surface area contributed by atoms with Crippen molar-refractivity contribution < 1.29 is 12.3 Å². The van der Waals surface area contributed by atoms with Crippen molar-refractivity contribution >= 4 is 66.8 Å². The summed E-state index contributed by atoms with van der Waals surface area (Å²) in [7, 11) is 20.1. The number of hydrogen-bond donors (Lipinski definition) is 0. The minimum absolute atomic E-state index is 0. The molecule has 0 aliphatic carbocycles. The zero-order chi connectivity index (χ0) is 4.50. The molecule has 0 heterocycles. The van der Waals surface area contributed by atoms with Crippen LogP contribution in [0.5, 0.6) is 0 Å². The molecule has 0 aromatic heterocycles. The molecule has 0 nitrogen and oxygen atoms in total. The van der Waals surface area contributed by atoms with Crippen molar-refractivity contribution in [2.75, 3.05) is 0 Å². The summed E-state index contributed by atoms with van der Waals surface area (Å²) in [5.41, 5.74) is 0. The van der Waals surface area contributed by atoms with Gasteiger partial charge in [0.15, 0.2) is 0 Å². The van der Waals surface area contributed by atoms with Crippen molar-refractivity contribution in [2.45, 2.75) is 0 Å². The van der Waals surface area contributed by atoms with Crippen LogP contribution in [-0.2, 0) is 12.3 Å². The Balaban J connectivity index is 0. The normalized spacial score (nSPS) is 10.0. The molecule has 0 radical (unpaired) electrons. The molecule has 0 unspecified atom stereocenters. The van der Waals surface area contributed by atoms with Crippen LogP contribution in [0.4, 0.5) is 0 Å². The van der Waals surface area contributed by atoms with Gasteiger partial charge in [-0.25, -0.2) is 0 Å². The summed E-state index contributed by atoms with van der Waals surface area (Å²) in [5, 5.41) is 0. The maximum atomic E-state index is 5.01. The number of hydrogen-bond acceptors (Lipinski definition) is 0. The van der Waals surface area contributed by atoms with E-state index in [2.05, 4.69) is 0 Å². The van der Waals surface area contributed by atoms with E-state index in [4.69, 9.17) is 37.2 Å². The zero-order valence-corrected chi connectivity index (χ0v) is 6.60. The third-order valence-corrected chi connectivity index (χ3v) is 0. The summed E-state index contributed by atoms with van der Waals surface area (Å²) in [6.07, 6.45) is 0. The molecule has 0 aromatic rings. The van der Waals surface area contributed by atoms with E-state index < -0.39 is 12.3 Å². The van der Waals surface area contributed by atoms with Crippen LogP contribution in [0.1, 0.15) is 0 Å². The van der Waals surface area contributed by atoms with Crippen LogP contribution in [0, 0.1) is 0 Å². The first-order chi connectivity index (χ1) is 2.00. The van der Waals surface area contributed by atoms with Crippen molar-refractivity contribution in [1.82, 2.24) is 0 Å². The standard InChI is InChI=1S/4ClH.Na.Ti.H/h4*1H;;;/q;;;;;+4;/p-4. The predicted octanol–water partition coefficient (Wildman–Crippen LogP) is 2.11. The quantitative estimate of drug-likeness (QED) is 0.541. The average Bonchev–Trinajstić information content (AvgIpc) is 0.722. The summed E-state index contributed by atoms with van der Waals surface area (Å²) in [5.74, 6) is 0. The van der Waals surface area contributed by atoms with Crippen molar-refractivity contribution in [1.29, 1.82) is 0 Å². The van der Waals surface area contributed by atoms with E-state index in [0.29, 0.717) is 0 Å². The predicted molar refractivity (Wildman–Crippen MR) is 30.6 cm³/mol. The second kappa shape index (κ2) is 4.72. The van der Waals surface area contributed by atoms with Crippen LogP contribution in [0.3, 0.4) is 0 Å². The first-order valence-corrected chi connectivity index (χ1v) is 9.35. The van der Waals surface area contributed by atoms with Gasteiger partial charge in [-0.1, -0.05) is 0 Å². The monoisotopic (exact) mass is 212 g/mol. The molecule has 0 fully saturated rings. The SMILES string of the molecule is [Cl][Ti]([Cl])([Cl])[Cl].[NaH]. The van der Waals surface area contributed by atoms with Crippen LogP contribution < -0.4 is 0 Å². The molecule has 0 atom stereocenters. The van der Waals surface area contributed by atoms with Crippen LogP contribution in [-0.4, -0.2) is 29.6 Å². The summed E-state index contributed by atoms with van der Waals surface area (Å²) < 4.78 is 0. The van der Waals surface area contributed by atoms with Gasteiger partial charge in [0.2, 0.25) is 0 Å². The Labute approximate surface area is 77.6 Å². The molecule has 0 saturated heterocycles. The second-order valence-electron chi connectivity index (χ2n) is 0.429. The zero-order valence-electron chi connectivity index (χ0n) is 2.01. The Morgan fingerprint density at radius 3 is 0.833 bits per heavy atom. The fraction of sp³-hybridized carbons (Fsp3) is 0. The van der Waals surface area contributed by atoms with Crippen molar-refractivity contribution in [3.8, 4) is 0 Å². The third kappa shape index (κ3) is 28.7. The molecule has 0 N–H and O–H groups in total. The van der Waals surface area contributed by atoms with Gasteiger partial charge in [0.25, 0.3) is 0 Å². The van der Waals surface area contributed by atoms with Crippen LogP contribution >= 0.6 is 37.2 Å². The molecular formula is HCl4NaTi. The second-order valence-corrected chi connectivity index (χ2v) is 15.9. The third-order valence-electron chi connectivity index (χ3n) is 0. The van der Waals surface area contributed by atoms with Gasteiger partial charge in [0, 0.05) is 0 Å². The van der Waals surface area contributed by atoms with E-state index in [-0.39, 0.29) is 29.6 Å². The van der Waals surface area contributed by atoms with E-state index in [1.807, 2.05) is 0 Å². The molecule has 34 valence electrons. The van der Waals surface area contributed by atoms with Crippen LogP contribution in [0.25, 0.3) is 0 Å². The van der Waals surface area contributed by atoms with Gasteiger partial charge in [0.05, 0.1) is 0 Å². The minimum atomic E-state index is -3.11. The Bertz CT molecular complexity index is 23.0. The van der Waals surface area contributed by atoms with Crippen molar-refractivity contribution in [3.63, 3.8) is 0 Å². The molecule has 0 rings (SSSR count). The summed E-state index contributed by atoms with van der Waals surface area (Å²) in [6.45, 7) is 0. The van der Waals surface area contributed by atoms with Gasteiger partial charge < -0.3 is 0 Å². The van der Waals surface area contributed by atoms with E-state index in [1.54, 1.807) is 0 Å². The van der Waals surface area contributed by atoms with Crippen molar-refractivity contribution in [3.05, 3.63) is 0 Å². The molecule has 0 saturated carbocycles. The van der Waals surface area contributed by atoms with Gasteiger partial charge in [-0.3, -0.25) is 0 Å². The Morgan fingerprint density at radius 1 is 0.833 bits per heavy atom. The molecule has 0 spiro atoms. The molecule has 0 aromatic carbocycles. The molecule has 0 bridgehead atoms. The van der Waals surface area contributed by atoms with Gasteiger partial charge in [0.1, 0.15) is 0 Å². The number of halogens is 4. The molecule has 6 heavy (non-hydrogen) atoms. The first-order valence-electron chi connectivity index (χ1n) is 0.756.